The number of nitrogens with zero attached hydrogens (tertiary/aromatic N) is 1. The van der Waals surface area contributed by atoms with E-state index in [1.807, 2.05) is 11.6 Å². The molecule has 1 aromatic rings. The fraction of sp³-hybridized carbons (Fsp3) is 0.545. The van der Waals surface area contributed by atoms with Gasteiger partial charge in [0.25, 0.3) is 0 Å². The average Bonchev–Trinajstić information content (AvgIpc) is 2.20. The second-order valence-electron chi connectivity index (χ2n) is 3.89. The third-order valence-electron chi connectivity index (χ3n) is 2.96. The van der Waals surface area contributed by atoms with Crippen molar-refractivity contribution in [3.8, 4) is 0 Å². The lowest BCUT2D eigenvalue weighted by molar-refractivity contribution is 0.278. The van der Waals surface area contributed by atoms with Crippen LogP contribution < -0.4 is 0 Å². The summed E-state index contributed by atoms with van der Waals surface area (Å²) in [7, 11) is 1.95. The molecule has 1 aliphatic rings. The quantitative estimate of drug-likeness (QED) is 0.717. The summed E-state index contributed by atoms with van der Waals surface area (Å²) in [6.45, 7) is 0.0792. The molecule has 0 amide bonds. The van der Waals surface area contributed by atoms with Crippen LogP contribution in [-0.4, -0.2) is 9.67 Å². The highest BCUT2D eigenvalue weighted by molar-refractivity contribution is 7.71. The number of aryl methyl sites for hydroxylation is 2. The van der Waals surface area contributed by atoms with Crippen molar-refractivity contribution in [2.75, 3.05) is 0 Å². The lowest BCUT2D eigenvalue weighted by atomic mass is 9.90. The van der Waals surface area contributed by atoms with Crippen LogP contribution in [0.1, 0.15) is 29.5 Å². The number of rotatable bonds is 1. The van der Waals surface area contributed by atoms with Crippen LogP contribution >= 0.6 is 12.2 Å². The Morgan fingerprint density at radius 2 is 2.14 bits per heavy atom. The summed E-state index contributed by atoms with van der Waals surface area (Å²) >= 11 is 5.28. The molecule has 1 aromatic heterocycles. The van der Waals surface area contributed by atoms with Gasteiger partial charge in [0.2, 0.25) is 0 Å². The van der Waals surface area contributed by atoms with E-state index < -0.39 is 0 Å². The maximum atomic E-state index is 9.32. The molecule has 2 nitrogen and oxygen atoms in total. The summed E-state index contributed by atoms with van der Waals surface area (Å²) < 4.78 is 2.73. The molecule has 76 valence electrons. The first kappa shape index (κ1) is 9.87. The van der Waals surface area contributed by atoms with Gasteiger partial charge in [-0.2, -0.15) is 0 Å². The van der Waals surface area contributed by atoms with Gasteiger partial charge in [0.1, 0.15) is 4.64 Å². The van der Waals surface area contributed by atoms with E-state index in [1.54, 1.807) is 0 Å². The van der Waals surface area contributed by atoms with Crippen LogP contribution in [-0.2, 0) is 26.5 Å². The maximum absolute atomic E-state index is 9.32. The molecule has 0 atom stereocenters. The molecule has 2 rings (SSSR count). The Morgan fingerprint density at radius 1 is 1.43 bits per heavy atom. The van der Waals surface area contributed by atoms with Crippen LogP contribution in [0.25, 0.3) is 0 Å². The molecule has 14 heavy (non-hydrogen) atoms. The highest BCUT2D eigenvalue weighted by atomic mass is 32.1. The molecule has 0 unspecified atom stereocenters. The number of aliphatic hydroxyl groups excluding tert-OH is 1. The monoisotopic (exact) mass is 209 g/mol. The van der Waals surface area contributed by atoms with Crippen LogP contribution in [0, 0.1) is 4.64 Å². The predicted octanol–water partition coefficient (Wildman–Crippen LogP) is 2.13. The average molecular weight is 209 g/mol. The molecule has 0 spiro atoms. The largest absolute Gasteiger partial charge is 0.392 e. The van der Waals surface area contributed by atoms with E-state index in [9.17, 15) is 5.11 Å². The minimum Gasteiger partial charge on any atom is -0.392 e. The Bertz CT molecular complexity index is 408. The van der Waals surface area contributed by atoms with Gasteiger partial charge < -0.3 is 9.67 Å². The van der Waals surface area contributed by atoms with Crippen molar-refractivity contribution in [2.45, 2.75) is 32.3 Å². The Balaban J connectivity index is 2.66. The van der Waals surface area contributed by atoms with Crippen molar-refractivity contribution in [1.29, 1.82) is 0 Å². The highest BCUT2D eigenvalue weighted by Gasteiger charge is 2.14. The first-order chi connectivity index (χ1) is 6.74. The number of aromatic nitrogens is 1. The first-order valence-electron chi connectivity index (χ1n) is 5.05. The van der Waals surface area contributed by atoms with Gasteiger partial charge in [0, 0.05) is 18.8 Å². The molecular formula is C11H15NOS. The van der Waals surface area contributed by atoms with Gasteiger partial charge in [-0.05, 0) is 36.8 Å². The molecule has 3 heteroatoms. The number of hydrogen-bond acceptors (Lipinski definition) is 2. The number of pyridine rings is 1. The van der Waals surface area contributed by atoms with Gasteiger partial charge in [-0.25, -0.2) is 0 Å². The summed E-state index contributed by atoms with van der Waals surface area (Å²) in [5, 5.41) is 9.32. The minimum absolute atomic E-state index is 0.0792. The number of aliphatic hydroxyl groups is 1. The van der Waals surface area contributed by atoms with Crippen molar-refractivity contribution in [3.05, 3.63) is 27.5 Å². The van der Waals surface area contributed by atoms with E-state index in [1.165, 1.54) is 24.0 Å². The van der Waals surface area contributed by atoms with Crippen LogP contribution in [0.15, 0.2) is 6.20 Å². The number of fused-ring (bicyclic) bond motifs is 1. The molecule has 1 N–H and O–H groups in total. The van der Waals surface area contributed by atoms with Gasteiger partial charge in [-0.1, -0.05) is 12.2 Å². The second-order valence-corrected chi connectivity index (χ2v) is 4.28. The van der Waals surface area contributed by atoms with Gasteiger partial charge in [-0.3, -0.25) is 0 Å². The van der Waals surface area contributed by atoms with Crippen LogP contribution in [0.5, 0.6) is 0 Å². The second kappa shape index (κ2) is 3.83. The molecule has 0 aromatic carbocycles. The van der Waals surface area contributed by atoms with E-state index in [-0.39, 0.29) is 6.61 Å². The van der Waals surface area contributed by atoms with Gasteiger partial charge >= 0.3 is 0 Å². The van der Waals surface area contributed by atoms with Crippen molar-refractivity contribution >= 4 is 12.2 Å². The third kappa shape index (κ3) is 1.51. The van der Waals surface area contributed by atoms with Crippen molar-refractivity contribution < 1.29 is 5.11 Å². The zero-order valence-corrected chi connectivity index (χ0v) is 9.23. The van der Waals surface area contributed by atoms with Crippen molar-refractivity contribution in [1.82, 2.24) is 4.57 Å². The number of hydrogen-bond donors (Lipinski definition) is 1. The van der Waals surface area contributed by atoms with Gasteiger partial charge in [-0.15, -0.1) is 0 Å². The normalized spacial score (nSPS) is 15.3. The van der Waals surface area contributed by atoms with Crippen LogP contribution in [0.3, 0.4) is 0 Å². The van der Waals surface area contributed by atoms with E-state index in [4.69, 9.17) is 12.2 Å². The lowest BCUT2D eigenvalue weighted by Gasteiger charge is -2.20. The predicted molar refractivity (Wildman–Crippen MR) is 58.8 cm³/mol. The summed E-state index contributed by atoms with van der Waals surface area (Å²) in [4.78, 5) is 0. The Kier molecular flexibility index (Phi) is 2.70. The molecule has 1 aliphatic carbocycles. The zero-order chi connectivity index (χ0) is 10.1. The zero-order valence-electron chi connectivity index (χ0n) is 8.42. The summed E-state index contributed by atoms with van der Waals surface area (Å²) in [6, 6.07) is 0. The minimum atomic E-state index is 0.0792. The summed E-state index contributed by atoms with van der Waals surface area (Å²) in [6.07, 6.45) is 6.81. The Labute approximate surface area is 89.2 Å². The fourth-order valence-electron chi connectivity index (χ4n) is 2.21. The molecule has 0 fully saturated rings. The maximum Gasteiger partial charge on any atom is 0.111 e. The van der Waals surface area contributed by atoms with Crippen molar-refractivity contribution in [3.63, 3.8) is 0 Å². The van der Waals surface area contributed by atoms with E-state index in [0.717, 1.165) is 23.0 Å². The standard InChI is InChI=1S/C11H15NOS/c1-12-6-8-4-2-3-5-9(8)10(7-13)11(12)14/h6,13H,2-5,7H2,1H3. The topological polar surface area (TPSA) is 25.2 Å². The first-order valence-corrected chi connectivity index (χ1v) is 5.46. The SMILES string of the molecule is Cn1cc2c(c(CO)c1=S)CCCC2. The summed E-state index contributed by atoms with van der Waals surface area (Å²) in [5.74, 6) is 0. The molecule has 0 saturated heterocycles. The smallest absolute Gasteiger partial charge is 0.111 e. The molecule has 1 heterocycles. The molecule has 0 aliphatic heterocycles. The molecule has 0 bridgehead atoms. The van der Waals surface area contributed by atoms with Gasteiger partial charge in [0.05, 0.1) is 6.61 Å². The Hall–Kier alpha value is -0.670. The van der Waals surface area contributed by atoms with E-state index >= 15 is 0 Å². The Morgan fingerprint density at radius 3 is 2.86 bits per heavy atom. The van der Waals surface area contributed by atoms with Gasteiger partial charge in [0.15, 0.2) is 0 Å². The summed E-state index contributed by atoms with van der Waals surface area (Å²) in [5.41, 5.74) is 3.65. The van der Waals surface area contributed by atoms with E-state index in [2.05, 4.69) is 6.20 Å². The third-order valence-corrected chi connectivity index (χ3v) is 3.50. The molecule has 0 saturated carbocycles. The van der Waals surface area contributed by atoms with E-state index in [0.29, 0.717) is 0 Å². The van der Waals surface area contributed by atoms with Crippen molar-refractivity contribution in [2.24, 2.45) is 7.05 Å². The van der Waals surface area contributed by atoms with Crippen LogP contribution in [0.4, 0.5) is 0 Å². The molecule has 0 radical (unpaired) electrons. The highest BCUT2D eigenvalue weighted by Crippen LogP contribution is 2.25. The van der Waals surface area contributed by atoms with Crippen LogP contribution in [0.2, 0.25) is 0 Å². The fourth-order valence-corrected chi connectivity index (χ4v) is 2.45. The molecular weight excluding hydrogens is 194 g/mol. The lowest BCUT2D eigenvalue weighted by Crippen LogP contribution is -2.11.